The van der Waals surface area contributed by atoms with Crippen molar-refractivity contribution in [1.29, 1.82) is 0 Å². The second kappa shape index (κ2) is 7.27. The molecule has 1 aliphatic rings. The Labute approximate surface area is 164 Å². The van der Waals surface area contributed by atoms with Crippen LogP contribution < -0.4 is 19.7 Å². The fraction of sp³-hybridized carbons (Fsp3) is 0.174. The van der Waals surface area contributed by atoms with E-state index < -0.39 is 0 Å². The van der Waals surface area contributed by atoms with Gasteiger partial charge < -0.3 is 14.8 Å². The first kappa shape index (κ1) is 17.9. The number of methoxy groups -OCH3 is 2. The number of ether oxygens (including phenoxy) is 2. The quantitative estimate of drug-likeness (QED) is 0.714. The minimum atomic E-state index is -0.370. The fourth-order valence-electron chi connectivity index (χ4n) is 3.48. The molecule has 28 heavy (non-hydrogen) atoms. The van der Waals surface area contributed by atoms with Crippen molar-refractivity contribution in [3.63, 3.8) is 0 Å². The summed E-state index contributed by atoms with van der Waals surface area (Å²) < 4.78 is 10.8. The summed E-state index contributed by atoms with van der Waals surface area (Å²) in [5, 5.41) is 3.50. The molecule has 1 amide bonds. The highest BCUT2D eigenvalue weighted by Gasteiger charge is 2.34. The summed E-state index contributed by atoms with van der Waals surface area (Å²) >= 11 is 0. The van der Waals surface area contributed by atoms with Gasteiger partial charge in [0.05, 0.1) is 19.8 Å². The summed E-state index contributed by atoms with van der Waals surface area (Å²) in [6.45, 7) is 2.03. The second-order valence-electron chi connectivity index (χ2n) is 6.72. The van der Waals surface area contributed by atoms with Crippen LogP contribution in [0.15, 0.2) is 66.7 Å². The number of carbonyl (C=O) groups is 1. The van der Waals surface area contributed by atoms with Gasteiger partial charge in [-0.2, -0.15) is 0 Å². The summed E-state index contributed by atoms with van der Waals surface area (Å²) in [6, 6.07) is 21.2. The molecule has 0 unspecified atom stereocenters. The zero-order chi connectivity index (χ0) is 19.7. The highest BCUT2D eigenvalue weighted by molar-refractivity contribution is 6.12. The van der Waals surface area contributed by atoms with Crippen LogP contribution in [0.25, 0.3) is 0 Å². The van der Waals surface area contributed by atoms with Crippen molar-refractivity contribution >= 4 is 17.3 Å². The number of hydrogen-bond acceptors (Lipinski definition) is 4. The first-order chi connectivity index (χ1) is 13.6. The number of carbonyl (C=O) groups excluding carboxylic acids is 1. The Morgan fingerprint density at radius 2 is 1.61 bits per heavy atom. The van der Waals surface area contributed by atoms with Crippen molar-refractivity contribution in [3.8, 4) is 11.5 Å². The molecular weight excluding hydrogens is 352 g/mol. The van der Waals surface area contributed by atoms with Crippen LogP contribution >= 0.6 is 0 Å². The SMILES string of the molecule is COc1ccc([C@@H]2Nc3ccccc3C(=O)N2c2ccc(C)cc2)cc1OC. The van der Waals surface area contributed by atoms with Crippen LogP contribution in [0.5, 0.6) is 11.5 Å². The minimum absolute atomic E-state index is 0.0435. The number of benzene rings is 3. The van der Waals surface area contributed by atoms with E-state index in [1.807, 2.05) is 73.7 Å². The maximum absolute atomic E-state index is 13.4. The Kier molecular flexibility index (Phi) is 4.65. The Hall–Kier alpha value is -3.47. The molecule has 0 fully saturated rings. The number of nitrogens with one attached hydrogen (secondary N) is 1. The van der Waals surface area contributed by atoms with Crippen LogP contribution in [0.3, 0.4) is 0 Å². The van der Waals surface area contributed by atoms with Crippen LogP contribution in [0.2, 0.25) is 0 Å². The maximum Gasteiger partial charge on any atom is 0.262 e. The van der Waals surface area contributed by atoms with Crippen molar-refractivity contribution in [2.24, 2.45) is 0 Å². The molecule has 1 N–H and O–H groups in total. The zero-order valence-corrected chi connectivity index (χ0v) is 16.1. The lowest BCUT2D eigenvalue weighted by Gasteiger charge is -2.38. The maximum atomic E-state index is 13.4. The molecule has 4 rings (SSSR count). The van der Waals surface area contributed by atoms with Gasteiger partial charge in [0, 0.05) is 11.4 Å². The van der Waals surface area contributed by atoms with E-state index in [-0.39, 0.29) is 12.1 Å². The van der Waals surface area contributed by atoms with Gasteiger partial charge in [-0.3, -0.25) is 9.69 Å². The van der Waals surface area contributed by atoms with E-state index in [2.05, 4.69) is 5.32 Å². The molecule has 0 saturated heterocycles. The molecule has 1 atom stereocenters. The molecular formula is C23H22N2O3. The van der Waals surface area contributed by atoms with Gasteiger partial charge >= 0.3 is 0 Å². The largest absolute Gasteiger partial charge is 0.493 e. The Bertz CT molecular complexity index is 1010. The molecule has 1 aliphatic heterocycles. The predicted octanol–water partition coefficient (Wildman–Crippen LogP) is 4.78. The smallest absolute Gasteiger partial charge is 0.262 e. The van der Waals surface area contributed by atoms with Crippen LogP contribution in [-0.4, -0.2) is 20.1 Å². The standard InChI is InChI=1S/C23H22N2O3/c1-15-8-11-17(12-9-15)25-22(16-10-13-20(27-2)21(14-16)28-3)24-19-7-5-4-6-18(19)23(25)26/h4-14,22,24H,1-3H3/t22-/m1/s1. The van der Waals surface area contributed by atoms with E-state index in [0.29, 0.717) is 17.1 Å². The molecule has 0 aromatic heterocycles. The number of rotatable bonds is 4. The lowest BCUT2D eigenvalue weighted by molar-refractivity contribution is 0.0975. The topological polar surface area (TPSA) is 50.8 Å². The molecule has 3 aromatic rings. The predicted molar refractivity (Wildman–Crippen MR) is 110 cm³/mol. The van der Waals surface area contributed by atoms with Gasteiger partial charge in [-0.15, -0.1) is 0 Å². The number of aryl methyl sites for hydroxylation is 1. The Morgan fingerprint density at radius 1 is 0.893 bits per heavy atom. The van der Waals surface area contributed by atoms with Crippen molar-refractivity contribution in [1.82, 2.24) is 0 Å². The third-order valence-corrected chi connectivity index (χ3v) is 4.96. The number of hydrogen-bond donors (Lipinski definition) is 1. The number of nitrogens with zero attached hydrogens (tertiary/aromatic N) is 1. The van der Waals surface area contributed by atoms with Crippen LogP contribution in [-0.2, 0) is 0 Å². The summed E-state index contributed by atoms with van der Waals surface area (Å²) in [7, 11) is 3.21. The van der Waals surface area contributed by atoms with Crippen LogP contribution in [0.4, 0.5) is 11.4 Å². The Balaban J connectivity index is 1.85. The lowest BCUT2D eigenvalue weighted by atomic mass is 10.0. The van der Waals surface area contributed by atoms with E-state index in [1.54, 1.807) is 19.1 Å². The minimum Gasteiger partial charge on any atom is -0.493 e. The molecule has 142 valence electrons. The molecule has 0 aliphatic carbocycles. The first-order valence-corrected chi connectivity index (χ1v) is 9.10. The van der Waals surface area contributed by atoms with Crippen molar-refractivity contribution in [2.75, 3.05) is 24.4 Å². The summed E-state index contributed by atoms with van der Waals surface area (Å²) in [5.74, 6) is 1.23. The summed E-state index contributed by atoms with van der Waals surface area (Å²) in [4.78, 5) is 15.2. The molecule has 1 heterocycles. The fourth-order valence-corrected chi connectivity index (χ4v) is 3.48. The average molecular weight is 374 g/mol. The van der Waals surface area contributed by atoms with Crippen LogP contribution in [0, 0.1) is 6.92 Å². The Morgan fingerprint density at radius 3 is 2.32 bits per heavy atom. The zero-order valence-electron chi connectivity index (χ0n) is 16.1. The number of para-hydroxylation sites is 1. The van der Waals surface area contributed by atoms with Gasteiger partial charge in [0.25, 0.3) is 5.91 Å². The third kappa shape index (κ3) is 3.05. The lowest BCUT2D eigenvalue weighted by Crippen LogP contribution is -2.43. The van der Waals surface area contributed by atoms with E-state index in [1.165, 1.54) is 0 Å². The average Bonchev–Trinajstić information content (AvgIpc) is 2.74. The van der Waals surface area contributed by atoms with E-state index in [9.17, 15) is 4.79 Å². The van der Waals surface area contributed by atoms with Gasteiger partial charge in [-0.25, -0.2) is 0 Å². The number of amides is 1. The van der Waals surface area contributed by atoms with E-state index >= 15 is 0 Å². The summed E-state index contributed by atoms with van der Waals surface area (Å²) in [5.41, 5.74) is 4.35. The van der Waals surface area contributed by atoms with E-state index in [4.69, 9.17) is 9.47 Å². The number of anilines is 2. The van der Waals surface area contributed by atoms with Crippen molar-refractivity contribution < 1.29 is 14.3 Å². The summed E-state index contributed by atoms with van der Waals surface area (Å²) in [6.07, 6.45) is -0.370. The van der Waals surface area contributed by atoms with Gasteiger partial charge in [0.15, 0.2) is 11.5 Å². The molecule has 0 radical (unpaired) electrons. The van der Waals surface area contributed by atoms with Gasteiger partial charge in [0.1, 0.15) is 6.17 Å². The molecule has 5 nitrogen and oxygen atoms in total. The molecule has 5 heteroatoms. The van der Waals surface area contributed by atoms with E-state index in [0.717, 1.165) is 22.5 Å². The highest BCUT2D eigenvalue weighted by atomic mass is 16.5. The molecule has 0 saturated carbocycles. The second-order valence-corrected chi connectivity index (χ2v) is 6.72. The molecule has 0 spiro atoms. The number of fused-ring (bicyclic) bond motifs is 1. The molecule has 3 aromatic carbocycles. The van der Waals surface area contributed by atoms with Crippen molar-refractivity contribution in [3.05, 3.63) is 83.4 Å². The van der Waals surface area contributed by atoms with Gasteiger partial charge in [-0.05, 0) is 48.9 Å². The van der Waals surface area contributed by atoms with Gasteiger partial charge in [-0.1, -0.05) is 35.9 Å². The normalized spacial score (nSPS) is 15.6. The highest BCUT2D eigenvalue weighted by Crippen LogP contribution is 2.39. The molecule has 0 bridgehead atoms. The van der Waals surface area contributed by atoms with Crippen LogP contribution in [0.1, 0.15) is 27.7 Å². The third-order valence-electron chi connectivity index (χ3n) is 4.96. The van der Waals surface area contributed by atoms with Crippen molar-refractivity contribution in [2.45, 2.75) is 13.1 Å². The monoisotopic (exact) mass is 374 g/mol. The van der Waals surface area contributed by atoms with Gasteiger partial charge in [0.2, 0.25) is 0 Å². The first-order valence-electron chi connectivity index (χ1n) is 9.10.